The Morgan fingerprint density at radius 3 is 2.12 bits per heavy atom. The molecule has 0 bridgehead atoms. The monoisotopic (exact) mass is 602 g/mol. The van der Waals surface area contributed by atoms with Gasteiger partial charge in [-0.2, -0.15) is 0 Å². The van der Waals surface area contributed by atoms with Gasteiger partial charge in [0.25, 0.3) is 5.91 Å². The Morgan fingerprint density at radius 1 is 0.884 bits per heavy atom. The van der Waals surface area contributed by atoms with Gasteiger partial charge in [-0.25, -0.2) is 4.39 Å². The molecular formula is C35H39FN2O4S. The van der Waals surface area contributed by atoms with Gasteiger partial charge < -0.3 is 20.1 Å². The molecule has 0 aliphatic rings. The summed E-state index contributed by atoms with van der Waals surface area (Å²) in [5.74, 6) is -0.0803. The molecule has 0 unspecified atom stereocenters. The number of para-hydroxylation sites is 1. The molecule has 0 aliphatic carbocycles. The summed E-state index contributed by atoms with van der Waals surface area (Å²) >= 11 is 1.16. The molecule has 4 aromatic rings. The van der Waals surface area contributed by atoms with Crippen LogP contribution in [0.15, 0.2) is 84.9 Å². The molecule has 1 aromatic heterocycles. The van der Waals surface area contributed by atoms with Crippen LogP contribution in [0, 0.1) is 5.82 Å². The molecule has 8 heteroatoms. The van der Waals surface area contributed by atoms with E-state index in [1.54, 1.807) is 12.1 Å². The predicted octanol–water partition coefficient (Wildman–Crippen LogP) is 7.51. The zero-order chi connectivity index (χ0) is 30.9. The van der Waals surface area contributed by atoms with Gasteiger partial charge in [-0.3, -0.25) is 9.59 Å². The molecule has 2 atom stereocenters. The van der Waals surface area contributed by atoms with Crippen LogP contribution in [0.25, 0.3) is 22.4 Å². The lowest BCUT2D eigenvalue weighted by Gasteiger charge is -2.20. The first-order valence-electron chi connectivity index (χ1n) is 14.6. The number of amides is 1. The summed E-state index contributed by atoms with van der Waals surface area (Å²) in [5, 5.41) is 24.3. The molecule has 6 nitrogen and oxygen atoms in total. The van der Waals surface area contributed by atoms with E-state index in [2.05, 4.69) is 5.32 Å². The van der Waals surface area contributed by atoms with Gasteiger partial charge in [-0.1, -0.05) is 81.1 Å². The van der Waals surface area contributed by atoms with Crippen molar-refractivity contribution in [3.05, 3.63) is 102 Å². The number of aliphatic hydroxyl groups excluding tert-OH is 2. The van der Waals surface area contributed by atoms with E-state index in [9.17, 15) is 24.2 Å². The highest BCUT2D eigenvalue weighted by Gasteiger charge is 2.31. The van der Waals surface area contributed by atoms with E-state index in [4.69, 9.17) is 0 Å². The maximum Gasteiger partial charge on any atom is 0.258 e. The number of thioether (sulfide) groups is 1. The molecule has 226 valence electrons. The van der Waals surface area contributed by atoms with Gasteiger partial charge in [0.15, 0.2) is 5.12 Å². The summed E-state index contributed by atoms with van der Waals surface area (Å²) in [7, 11) is 0. The summed E-state index contributed by atoms with van der Waals surface area (Å²) in [6, 6.07) is 25.1. The van der Waals surface area contributed by atoms with Gasteiger partial charge in [-0.15, -0.1) is 0 Å². The molecule has 1 heterocycles. The van der Waals surface area contributed by atoms with Crippen LogP contribution in [0.1, 0.15) is 62.0 Å². The van der Waals surface area contributed by atoms with E-state index in [1.165, 1.54) is 12.1 Å². The zero-order valence-electron chi connectivity index (χ0n) is 24.8. The molecule has 43 heavy (non-hydrogen) atoms. The quantitative estimate of drug-likeness (QED) is 0.147. The number of carbonyl (C=O) groups excluding carboxylic acids is 2. The van der Waals surface area contributed by atoms with Crippen LogP contribution < -0.4 is 5.32 Å². The van der Waals surface area contributed by atoms with E-state index in [0.717, 1.165) is 39.8 Å². The molecule has 1 amide bonds. The lowest BCUT2D eigenvalue weighted by molar-refractivity contribution is -0.113. The lowest BCUT2D eigenvalue weighted by Crippen LogP contribution is -2.22. The number of nitrogens with zero attached hydrogens (tertiary/aromatic N) is 1. The number of benzene rings is 3. The maximum absolute atomic E-state index is 14.1. The summed E-state index contributed by atoms with van der Waals surface area (Å²) in [5.41, 5.74) is 5.00. The smallest absolute Gasteiger partial charge is 0.258 e. The minimum atomic E-state index is -0.945. The molecule has 0 spiro atoms. The number of rotatable bonds is 13. The second-order valence-electron chi connectivity index (χ2n) is 10.8. The first kappa shape index (κ1) is 32.2. The number of aliphatic hydroxyl groups is 2. The molecule has 3 aromatic carbocycles. The Labute approximate surface area is 257 Å². The average Bonchev–Trinajstić information content (AvgIpc) is 3.33. The van der Waals surface area contributed by atoms with Crippen LogP contribution in [-0.2, 0) is 11.3 Å². The third kappa shape index (κ3) is 8.22. The maximum atomic E-state index is 14.1. The molecule has 0 radical (unpaired) electrons. The van der Waals surface area contributed by atoms with Gasteiger partial charge >= 0.3 is 0 Å². The Balaban J connectivity index is 1.83. The summed E-state index contributed by atoms with van der Waals surface area (Å²) in [6.07, 6.45) is -1.49. The van der Waals surface area contributed by atoms with E-state index in [-0.39, 0.29) is 42.0 Å². The number of halogens is 1. The van der Waals surface area contributed by atoms with Crippen molar-refractivity contribution >= 4 is 28.5 Å². The summed E-state index contributed by atoms with van der Waals surface area (Å²) in [6.45, 7) is 6.26. The van der Waals surface area contributed by atoms with Crippen molar-refractivity contribution in [3.63, 3.8) is 0 Å². The predicted molar refractivity (Wildman–Crippen MR) is 173 cm³/mol. The Bertz CT molecular complexity index is 1500. The molecule has 4 rings (SSSR count). The normalized spacial score (nSPS) is 12.7. The zero-order valence-corrected chi connectivity index (χ0v) is 25.6. The number of hydrogen-bond donors (Lipinski definition) is 3. The van der Waals surface area contributed by atoms with Crippen LogP contribution in [0.4, 0.5) is 10.1 Å². The Morgan fingerprint density at radius 2 is 1.51 bits per heavy atom. The fraction of sp³-hybridized carbons (Fsp3) is 0.314. The van der Waals surface area contributed by atoms with Crippen molar-refractivity contribution in [1.82, 2.24) is 4.57 Å². The van der Waals surface area contributed by atoms with Crippen LogP contribution in [0.2, 0.25) is 0 Å². The second kappa shape index (κ2) is 15.1. The Hall–Kier alpha value is -3.72. The molecular weight excluding hydrogens is 563 g/mol. The minimum Gasteiger partial charge on any atom is -0.393 e. The van der Waals surface area contributed by atoms with Crippen LogP contribution >= 0.6 is 11.8 Å². The standard InChI is InChI=1S/C35H39FN2O4S/c1-4-43-30(41)22-29(40)21-28(39)19-20-38-33(23(2)3)32(35(42)37-27-13-9-6-10-14-27)31(24-11-7-5-8-12-24)34(38)25-15-17-26(36)18-16-25/h5-18,23,28-29,39-40H,4,19-22H2,1-3H3,(H,37,42)/t28-,29-/m1/s1. The van der Waals surface area contributed by atoms with Crippen molar-refractivity contribution in [1.29, 1.82) is 0 Å². The molecule has 0 saturated heterocycles. The van der Waals surface area contributed by atoms with E-state index < -0.39 is 12.2 Å². The van der Waals surface area contributed by atoms with Gasteiger partial charge in [0, 0.05) is 29.9 Å². The summed E-state index contributed by atoms with van der Waals surface area (Å²) in [4.78, 5) is 26.1. The molecule has 3 N–H and O–H groups in total. The van der Waals surface area contributed by atoms with Crippen LogP contribution in [-0.4, -0.2) is 43.8 Å². The lowest BCUT2D eigenvalue weighted by atomic mass is 9.94. The van der Waals surface area contributed by atoms with Gasteiger partial charge in [0.05, 0.1) is 23.5 Å². The van der Waals surface area contributed by atoms with Crippen molar-refractivity contribution < 1.29 is 24.2 Å². The van der Waals surface area contributed by atoms with E-state index in [0.29, 0.717) is 23.5 Å². The fourth-order valence-electron chi connectivity index (χ4n) is 5.41. The topological polar surface area (TPSA) is 91.6 Å². The number of carbonyl (C=O) groups is 2. The number of anilines is 1. The third-order valence-corrected chi connectivity index (χ3v) is 8.00. The first-order valence-corrected chi connectivity index (χ1v) is 15.6. The van der Waals surface area contributed by atoms with Crippen molar-refractivity contribution in [2.45, 2.75) is 64.7 Å². The van der Waals surface area contributed by atoms with Crippen LogP contribution in [0.5, 0.6) is 0 Å². The average molecular weight is 603 g/mol. The highest BCUT2D eigenvalue weighted by Crippen LogP contribution is 2.42. The summed E-state index contributed by atoms with van der Waals surface area (Å²) < 4.78 is 16.1. The van der Waals surface area contributed by atoms with Crippen molar-refractivity contribution in [2.24, 2.45) is 0 Å². The van der Waals surface area contributed by atoms with Gasteiger partial charge in [-0.05, 0) is 72.0 Å². The number of hydrogen-bond acceptors (Lipinski definition) is 5. The number of aromatic nitrogens is 1. The van der Waals surface area contributed by atoms with E-state index in [1.807, 2.05) is 86.0 Å². The largest absolute Gasteiger partial charge is 0.393 e. The van der Waals surface area contributed by atoms with Gasteiger partial charge in [0.2, 0.25) is 0 Å². The number of nitrogens with one attached hydrogen (secondary N) is 1. The van der Waals surface area contributed by atoms with Crippen molar-refractivity contribution in [3.8, 4) is 22.4 Å². The van der Waals surface area contributed by atoms with E-state index >= 15 is 0 Å². The highest BCUT2D eigenvalue weighted by atomic mass is 32.2. The molecule has 0 fully saturated rings. The molecule has 0 aliphatic heterocycles. The third-order valence-electron chi connectivity index (χ3n) is 7.23. The fourth-order valence-corrected chi connectivity index (χ4v) is 6.05. The van der Waals surface area contributed by atoms with Crippen LogP contribution in [0.3, 0.4) is 0 Å². The first-order chi connectivity index (χ1) is 20.7. The second-order valence-corrected chi connectivity index (χ2v) is 12.1. The SMILES string of the molecule is CCSC(=O)C[C@H](O)C[C@H](O)CCn1c(-c2ccc(F)cc2)c(-c2ccccc2)c(C(=O)Nc2ccccc2)c1C(C)C. The Kier molecular flexibility index (Phi) is 11.3. The minimum absolute atomic E-state index is 0.0148. The van der Waals surface area contributed by atoms with Crippen molar-refractivity contribution in [2.75, 3.05) is 11.1 Å². The highest BCUT2D eigenvalue weighted by molar-refractivity contribution is 8.13. The molecule has 0 saturated carbocycles. The van der Waals surface area contributed by atoms with Gasteiger partial charge in [0.1, 0.15) is 5.82 Å².